The molecule has 0 saturated heterocycles. The van der Waals surface area contributed by atoms with Crippen molar-refractivity contribution in [2.24, 2.45) is 5.92 Å². The van der Waals surface area contributed by atoms with Crippen molar-refractivity contribution in [3.8, 4) is 0 Å². The van der Waals surface area contributed by atoms with Crippen molar-refractivity contribution < 1.29 is 5.11 Å². The average molecular weight is 265 g/mol. The van der Waals surface area contributed by atoms with Gasteiger partial charge in [-0.1, -0.05) is 26.7 Å². The summed E-state index contributed by atoms with van der Waals surface area (Å²) in [7, 11) is 0. The Hall–Kier alpha value is -1.36. The maximum absolute atomic E-state index is 11.5. The molecule has 0 aliphatic heterocycles. The zero-order valence-electron chi connectivity index (χ0n) is 11.6. The topological polar surface area (TPSA) is 78.0 Å². The fraction of sp³-hybridized carbons (Fsp3) is 0.714. The number of H-pyrrole nitrogens is 1. The van der Waals surface area contributed by atoms with Crippen LogP contribution in [0.4, 0.5) is 5.82 Å². The predicted molar refractivity (Wildman–Crippen MR) is 75.4 cm³/mol. The summed E-state index contributed by atoms with van der Waals surface area (Å²) in [4.78, 5) is 18.7. The number of aliphatic hydroxyl groups is 1. The van der Waals surface area contributed by atoms with Gasteiger partial charge in [-0.25, -0.2) is 4.98 Å². The number of rotatable bonds is 7. The zero-order chi connectivity index (χ0) is 13.8. The van der Waals surface area contributed by atoms with Crippen LogP contribution in [0.25, 0.3) is 0 Å². The molecule has 1 heterocycles. The van der Waals surface area contributed by atoms with Gasteiger partial charge in [-0.05, 0) is 18.8 Å². The summed E-state index contributed by atoms with van der Waals surface area (Å²) in [5.74, 6) is 2.04. The van der Waals surface area contributed by atoms with Crippen LogP contribution >= 0.6 is 0 Å². The number of anilines is 1. The van der Waals surface area contributed by atoms with Gasteiger partial charge in [0.1, 0.15) is 11.6 Å². The lowest BCUT2D eigenvalue weighted by atomic mass is 9.97. The molecule has 1 aromatic heterocycles. The van der Waals surface area contributed by atoms with Crippen molar-refractivity contribution in [1.29, 1.82) is 0 Å². The van der Waals surface area contributed by atoms with Crippen molar-refractivity contribution >= 4 is 5.82 Å². The van der Waals surface area contributed by atoms with Gasteiger partial charge in [0, 0.05) is 18.5 Å². The van der Waals surface area contributed by atoms with E-state index in [9.17, 15) is 9.90 Å². The minimum Gasteiger partial charge on any atom is -0.391 e. The van der Waals surface area contributed by atoms with Crippen LogP contribution in [0.2, 0.25) is 0 Å². The third-order valence-electron chi connectivity index (χ3n) is 3.81. The first-order chi connectivity index (χ1) is 9.13. The highest BCUT2D eigenvalue weighted by Crippen LogP contribution is 2.37. The fourth-order valence-electron chi connectivity index (χ4n) is 2.33. The number of aromatic nitrogens is 2. The lowest BCUT2D eigenvalue weighted by Crippen LogP contribution is -2.28. The molecule has 5 heteroatoms. The van der Waals surface area contributed by atoms with E-state index in [0.717, 1.165) is 31.5 Å². The van der Waals surface area contributed by atoms with Crippen molar-refractivity contribution in [2.45, 2.75) is 51.6 Å². The Labute approximate surface area is 113 Å². The van der Waals surface area contributed by atoms with Gasteiger partial charge in [-0.3, -0.25) is 4.79 Å². The van der Waals surface area contributed by atoms with E-state index in [-0.39, 0.29) is 11.5 Å². The Morgan fingerprint density at radius 2 is 2.16 bits per heavy atom. The van der Waals surface area contributed by atoms with E-state index in [2.05, 4.69) is 29.1 Å². The summed E-state index contributed by atoms with van der Waals surface area (Å²) in [5, 5.41) is 13.1. The van der Waals surface area contributed by atoms with Crippen LogP contribution in [-0.4, -0.2) is 27.7 Å². The minimum atomic E-state index is -0.402. The molecule has 1 atom stereocenters. The maximum atomic E-state index is 11.5. The standard InChI is InChI=1S/C14H23N3O2/c1-3-9(4-2)11(18)8-15-12-7-13(19)17-14(16-12)10-5-6-10/h7,9-11,18H,3-6,8H2,1-2H3,(H2,15,16,17,19). The summed E-state index contributed by atoms with van der Waals surface area (Å²) >= 11 is 0. The van der Waals surface area contributed by atoms with Crippen LogP contribution in [0.15, 0.2) is 10.9 Å². The molecule has 0 amide bonds. The van der Waals surface area contributed by atoms with Crippen molar-refractivity contribution in [3.05, 3.63) is 22.2 Å². The largest absolute Gasteiger partial charge is 0.391 e. The zero-order valence-corrected chi connectivity index (χ0v) is 11.6. The van der Waals surface area contributed by atoms with E-state index in [1.165, 1.54) is 6.07 Å². The highest BCUT2D eigenvalue weighted by molar-refractivity contribution is 5.34. The lowest BCUT2D eigenvalue weighted by molar-refractivity contribution is 0.114. The van der Waals surface area contributed by atoms with Crippen LogP contribution in [0.3, 0.4) is 0 Å². The molecule has 0 spiro atoms. The van der Waals surface area contributed by atoms with Crippen LogP contribution in [0.5, 0.6) is 0 Å². The first-order valence-electron chi connectivity index (χ1n) is 7.17. The van der Waals surface area contributed by atoms with Crippen LogP contribution < -0.4 is 10.9 Å². The van der Waals surface area contributed by atoms with Crippen molar-refractivity contribution in [1.82, 2.24) is 9.97 Å². The Kier molecular flexibility index (Phi) is 4.58. The number of nitrogens with one attached hydrogen (secondary N) is 2. The summed E-state index contributed by atoms with van der Waals surface area (Å²) in [5.41, 5.74) is -0.128. The van der Waals surface area contributed by atoms with Crippen LogP contribution in [0, 0.1) is 5.92 Å². The Morgan fingerprint density at radius 3 is 2.74 bits per heavy atom. The van der Waals surface area contributed by atoms with E-state index in [1.807, 2.05) is 0 Å². The van der Waals surface area contributed by atoms with Gasteiger partial charge in [-0.2, -0.15) is 0 Å². The van der Waals surface area contributed by atoms with Gasteiger partial charge < -0.3 is 15.4 Å². The molecule has 0 bridgehead atoms. The molecule has 106 valence electrons. The average Bonchev–Trinajstić information content (AvgIpc) is 3.21. The summed E-state index contributed by atoms with van der Waals surface area (Å²) in [6.45, 7) is 4.59. The third kappa shape index (κ3) is 3.80. The molecule has 1 aromatic rings. The first kappa shape index (κ1) is 14.1. The van der Waals surface area contributed by atoms with Crippen LogP contribution in [0.1, 0.15) is 51.3 Å². The highest BCUT2D eigenvalue weighted by atomic mass is 16.3. The molecule has 1 unspecified atom stereocenters. The number of aromatic amines is 1. The van der Waals surface area contributed by atoms with E-state index in [1.54, 1.807) is 0 Å². The van der Waals surface area contributed by atoms with Gasteiger partial charge in [0.2, 0.25) is 0 Å². The van der Waals surface area contributed by atoms with E-state index in [4.69, 9.17) is 0 Å². The second kappa shape index (κ2) is 6.19. The molecule has 0 radical (unpaired) electrons. The maximum Gasteiger partial charge on any atom is 0.252 e. The van der Waals surface area contributed by atoms with Crippen LogP contribution in [-0.2, 0) is 0 Å². The monoisotopic (exact) mass is 265 g/mol. The summed E-state index contributed by atoms with van der Waals surface area (Å²) < 4.78 is 0. The van der Waals surface area contributed by atoms with Gasteiger partial charge in [0.15, 0.2) is 0 Å². The molecule has 19 heavy (non-hydrogen) atoms. The normalized spacial score (nSPS) is 16.6. The molecular weight excluding hydrogens is 242 g/mol. The molecule has 1 aliphatic carbocycles. The number of hydrogen-bond donors (Lipinski definition) is 3. The lowest BCUT2D eigenvalue weighted by Gasteiger charge is -2.20. The SMILES string of the molecule is CCC(CC)C(O)CNc1cc(=O)[nH]c(C2CC2)n1. The first-order valence-corrected chi connectivity index (χ1v) is 7.17. The number of aliphatic hydroxyl groups excluding tert-OH is 1. The second-order valence-corrected chi connectivity index (χ2v) is 5.31. The van der Waals surface area contributed by atoms with E-state index in [0.29, 0.717) is 18.3 Å². The molecule has 1 fully saturated rings. The van der Waals surface area contributed by atoms with Gasteiger partial charge in [-0.15, -0.1) is 0 Å². The number of hydrogen-bond acceptors (Lipinski definition) is 4. The fourth-order valence-corrected chi connectivity index (χ4v) is 2.33. The summed E-state index contributed by atoms with van der Waals surface area (Å²) in [6, 6.07) is 1.45. The third-order valence-corrected chi connectivity index (χ3v) is 3.81. The molecule has 2 rings (SSSR count). The van der Waals surface area contributed by atoms with E-state index >= 15 is 0 Å². The molecule has 1 aliphatic rings. The smallest absolute Gasteiger partial charge is 0.252 e. The van der Waals surface area contributed by atoms with Crippen molar-refractivity contribution in [2.75, 3.05) is 11.9 Å². The molecule has 1 saturated carbocycles. The molecular formula is C14H23N3O2. The predicted octanol–water partition coefficient (Wildman–Crippen LogP) is 1.86. The van der Waals surface area contributed by atoms with Gasteiger partial charge >= 0.3 is 0 Å². The quantitative estimate of drug-likeness (QED) is 0.703. The minimum absolute atomic E-state index is 0.128. The Bertz CT molecular complexity index is 464. The van der Waals surface area contributed by atoms with Gasteiger partial charge in [0.25, 0.3) is 5.56 Å². The van der Waals surface area contributed by atoms with Crippen molar-refractivity contribution in [3.63, 3.8) is 0 Å². The van der Waals surface area contributed by atoms with Gasteiger partial charge in [0.05, 0.1) is 6.10 Å². The number of nitrogens with zero attached hydrogens (tertiary/aromatic N) is 1. The highest BCUT2D eigenvalue weighted by Gasteiger charge is 2.26. The van der Waals surface area contributed by atoms with E-state index < -0.39 is 6.10 Å². The molecule has 3 N–H and O–H groups in total. The second-order valence-electron chi connectivity index (χ2n) is 5.31. The molecule has 5 nitrogen and oxygen atoms in total. The summed E-state index contributed by atoms with van der Waals surface area (Å²) in [6.07, 6.45) is 3.71. The Balaban J connectivity index is 1.97. The molecule has 0 aromatic carbocycles. The Morgan fingerprint density at radius 1 is 1.47 bits per heavy atom.